The van der Waals surface area contributed by atoms with Gasteiger partial charge in [-0.05, 0) is 29.8 Å². The Balaban J connectivity index is 1.54. The molecule has 1 aromatic heterocycles. The third-order valence-corrected chi connectivity index (χ3v) is 4.26. The molecular weight excluding hydrogens is 366 g/mol. The van der Waals surface area contributed by atoms with Crippen molar-refractivity contribution in [2.24, 2.45) is 5.10 Å². The summed E-state index contributed by atoms with van der Waals surface area (Å²) in [7, 11) is 1.57. The normalized spacial score (nSPS) is 10.6. The van der Waals surface area contributed by atoms with E-state index in [4.69, 9.17) is 4.74 Å². The summed E-state index contributed by atoms with van der Waals surface area (Å²) in [5.41, 5.74) is 3.78. The summed E-state index contributed by atoms with van der Waals surface area (Å²) in [5.74, 6) is -1.07. The lowest BCUT2D eigenvalue weighted by Crippen LogP contribution is -2.32. The zero-order valence-electron chi connectivity index (χ0n) is 14.2. The van der Waals surface area contributed by atoms with Crippen molar-refractivity contribution >= 4 is 34.5 Å². The lowest BCUT2D eigenvalue weighted by Gasteiger charge is -2.00. The van der Waals surface area contributed by atoms with Crippen LogP contribution < -0.4 is 15.5 Å². The fraction of sp³-hybridized carbons (Fsp3) is 0.0556. The van der Waals surface area contributed by atoms with Crippen LogP contribution >= 0.6 is 11.3 Å². The molecule has 136 valence electrons. The number of nitrogens with one attached hydrogen (secondary N) is 2. The molecule has 0 radical (unpaired) electrons. The SMILES string of the molecule is COc1ccc(/C=N\NC(=O)C(=O)Nc2nnc(-c3ccccc3)s2)cc1. The minimum absolute atomic E-state index is 0.230. The molecule has 3 aromatic rings. The maximum Gasteiger partial charge on any atom is 0.329 e. The summed E-state index contributed by atoms with van der Waals surface area (Å²) in [4.78, 5) is 23.7. The number of carbonyl (C=O) groups is 2. The molecule has 0 fully saturated rings. The van der Waals surface area contributed by atoms with Gasteiger partial charge in [-0.3, -0.25) is 14.9 Å². The summed E-state index contributed by atoms with van der Waals surface area (Å²) in [6, 6.07) is 16.5. The highest BCUT2D eigenvalue weighted by molar-refractivity contribution is 7.18. The number of methoxy groups -OCH3 is 1. The van der Waals surface area contributed by atoms with Crippen LogP contribution in [0.25, 0.3) is 10.6 Å². The quantitative estimate of drug-likeness (QED) is 0.401. The van der Waals surface area contributed by atoms with Crippen molar-refractivity contribution in [3.05, 3.63) is 60.2 Å². The third kappa shape index (κ3) is 4.95. The summed E-state index contributed by atoms with van der Waals surface area (Å²) >= 11 is 1.17. The Hall–Kier alpha value is -3.59. The van der Waals surface area contributed by atoms with E-state index >= 15 is 0 Å². The van der Waals surface area contributed by atoms with E-state index in [1.165, 1.54) is 17.6 Å². The molecule has 0 saturated heterocycles. The molecule has 2 aromatic carbocycles. The van der Waals surface area contributed by atoms with Crippen LogP contribution in [0.5, 0.6) is 5.75 Å². The predicted molar refractivity (Wildman–Crippen MR) is 103 cm³/mol. The third-order valence-electron chi connectivity index (χ3n) is 3.37. The number of anilines is 1. The summed E-state index contributed by atoms with van der Waals surface area (Å²) < 4.78 is 5.05. The van der Waals surface area contributed by atoms with Crippen molar-refractivity contribution in [3.63, 3.8) is 0 Å². The Kier molecular flexibility index (Phi) is 5.85. The number of amides is 2. The van der Waals surface area contributed by atoms with Crippen LogP contribution in [0.15, 0.2) is 59.7 Å². The average molecular weight is 381 g/mol. The van der Waals surface area contributed by atoms with Crippen LogP contribution in [0.2, 0.25) is 0 Å². The maximum atomic E-state index is 11.9. The van der Waals surface area contributed by atoms with Crippen molar-refractivity contribution in [1.29, 1.82) is 0 Å². The minimum atomic E-state index is -0.906. The van der Waals surface area contributed by atoms with Crippen LogP contribution in [-0.4, -0.2) is 35.3 Å². The van der Waals surface area contributed by atoms with E-state index in [1.54, 1.807) is 31.4 Å². The van der Waals surface area contributed by atoms with Gasteiger partial charge in [0, 0.05) is 5.56 Å². The fourth-order valence-electron chi connectivity index (χ4n) is 2.03. The van der Waals surface area contributed by atoms with Gasteiger partial charge in [-0.1, -0.05) is 41.7 Å². The molecule has 3 rings (SSSR count). The molecule has 9 heteroatoms. The minimum Gasteiger partial charge on any atom is -0.497 e. The molecule has 0 spiro atoms. The highest BCUT2D eigenvalue weighted by atomic mass is 32.1. The Labute approximate surface area is 158 Å². The van der Waals surface area contributed by atoms with Gasteiger partial charge in [0.2, 0.25) is 5.13 Å². The molecule has 27 heavy (non-hydrogen) atoms. The van der Waals surface area contributed by atoms with Crippen LogP contribution in [-0.2, 0) is 9.59 Å². The first-order valence-electron chi connectivity index (χ1n) is 7.83. The summed E-state index contributed by atoms with van der Waals surface area (Å²) in [5, 5.41) is 14.9. The van der Waals surface area contributed by atoms with E-state index in [-0.39, 0.29) is 5.13 Å². The van der Waals surface area contributed by atoms with E-state index < -0.39 is 11.8 Å². The molecule has 0 aliphatic heterocycles. The second-order valence-corrected chi connectivity index (χ2v) is 6.18. The molecule has 2 N–H and O–H groups in total. The van der Waals surface area contributed by atoms with Gasteiger partial charge in [-0.25, -0.2) is 5.43 Å². The number of hydrazone groups is 1. The van der Waals surface area contributed by atoms with Gasteiger partial charge in [0.1, 0.15) is 10.8 Å². The molecular formula is C18H15N5O3S. The van der Waals surface area contributed by atoms with Gasteiger partial charge in [0.05, 0.1) is 13.3 Å². The number of benzene rings is 2. The van der Waals surface area contributed by atoms with Crippen molar-refractivity contribution in [2.75, 3.05) is 12.4 Å². The van der Waals surface area contributed by atoms with E-state index in [2.05, 4.69) is 26.0 Å². The summed E-state index contributed by atoms with van der Waals surface area (Å²) in [6.45, 7) is 0. The van der Waals surface area contributed by atoms with Crippen molar-refractivity contribution in [1.82, 2.24) is 15.6 Å². The van der Waals surface area contributed by atoms with Crippen molar-refractivity contribution in [2.45, 2.75) is 0 Å². The van der Waals surface area contributed by atoms with Gasteiger partial charge >= 0.3 is 11.8 Å². The predicted octanol–water partition coefficient (Wildman–Crippen LogP) is 2.30. The molecule has 0 atom stereocenters. The Morgan fingerprint density at radius 2 is 1.78 bits per heavy atom. The van der Waals surface area contributed by atoms with Crippen LogP contribution in [0.4, 0.5) is 5.13 Å². The molecule has 0 aliphatic carbocycles. The van der Waals surface area contributed by atoms with Crippen LogP contribution in [0.1, 0.15) is 5.56 Å². The highest BCUT2D eigenvalue weighted by Crippen LogP contribution is 2.25. The van der Waals surface area contributed by atoms with Gasteiger partial charge < -0.3 is 4.74 Å². The number of ether oxygens (including phenoxy) is 1. The second-order valence-electron chi connectivity index (χ2n) is 5.20. The number of carbonyl (C=O) groups excluding carboxylic acids is 2. The van der Waals surface area contributed by atoms with Crippen LogP contribution in [0.3, 0.4) is 0 Å². The largest absolute Gasteiger partial charge is 0.497 e. The van der Waals surface area contributed by atoms with Gasteiger partial charge in [0.25, 0.3) is 0 Å². The van der Waals surface area contributed by atoms with E-state index in [1.807, 2.05) is 30.3 Å². The Morgan fingerprint density at radius 3 is 2.48 bits per heavy atom. The second kappa shape index (κ2) is 8.68. The Morgan fingerprint density at radius 1 is 1.04 bits per heavy atom. The van der Waals surface area contributed by atoms with Crippen molar-refractivity contribution in [3.8, 4) is 16.3 Å². The molecule has 0 saturated carbocycles. The molecule has 1 heterocycles. The van der Waals surface area contributed by atoms with Crippen molar-refractivity contribution < 1.29 is 14.3 Å². The van der Waals surface area contributed by atoms with E-state index in [0.29, 0.717) is 10.8 Å². The molecule has 0 aliphatic rings. The number of rotatable bonds is 5. The topological polar surface area (TPSA) is 106 Å². The maximum absolute atomic E-state index is 11.9. The molecule has 0 bridgehead atoms. The van der Waals surface area contributed by atoms with E-state index in [9.17, 15) is 9.59 Å². The number of hydrogen-bond acceptors (Lipinski definition) is 7. The van der Waals surface area contributed by atoms with Crippen LogP contribution in [0, 0.1) is 0 Å². The monoisotopic (exact) mass is 381 g/mol. The highest BCUT2D eigenvalue weighted by Gasteiger charge is 2.16. The lowest BCUT2D eigenvalue weighted by molar-refractivity contribution is -0.136. The number of aromatic nitrogens is 2. The smallest absolute Gasteiger partial charge is 0.329 e. The molecule has 8 nitrogen and oxygen atoms in total. The first-order valence-corrected chi connectivity index (χ1v) is 8.65. The van der Waals surface area contributed by atoms with Gasteiger partial charge in [0.15, 0.2) is 0 Å². The Bertz CT molecular complexity index is 955. The fourth-order valence-corrected chi connectivity index (χ4v) is 2.78. The first-order chi connectivity index (χ1) is 13.2. The van der Waals surface area contributed by atoms with E-state index in [0.717, 1.165) is 11.1 Å². The zero-order chi connectivity index (χ0) is 19.1. The number of nitrogens with zero attached hydrogens (tertiary/aromatic N) is 3. The molecule has 2 amide bonds. The number of hydrogen-bond donors (Lipinski definition) is 2. The molecule has 0 unspecified atom stereocenters. The summed E-state index contributed by atoms with van der Waals surface area (Å²) in [6.07, 6.45) is 1.42. The average Bonchev–Trinajstić information content (AvgIpc) is 3.17. The zero-order valence-corrected chi connectivity index (χ0v) is 15.1. The lowest BCUT2D eigenvalue weighted by atomic mass is 10.2. The first kappa shape index (κ1) is 18.2. The van der Waals surface area contributed by atoms with Gasteiger partial charge in [-0.2, -0.15) is 5.10 Å². The van der Waals surface area contributed by atoms with Gasteiger partial charge in [-0.15, -0.1) is 10.2 Å². The standard InChI is InChI=1S/C18H15N5O3S/c1-26-14-9-7-12(8-10-14)11-19-21-16(25)15(24)20-18-23-22-17(27-18)13-5-3-2-4-6-13/h2-11H,1H3,(H,21,25)(H,20,23,24)/b19-11-.